The van der Waals surface area contributed by atoms with Crippen molar-refractivity contribution in [2.75, 3.05) is 12.4 Å². The highest BCUT2D eigenvalue weighted by atomic mass is 79.9. The van der Waals surface area contributed by atoms with Gasteiger partial charge in [0.05, 0.1) is 21.2 Å². The first-order valence-corrected chi connectivity index (χ1v) is 6.44. The van der Waals surface area contributed by atoms with Gasteiger partial charge in [-0.05, 0) is 28.9 Å². The number of hydrogen-bond acceptors (Lipinski definition) is 6. The standard InChI is InChI=1S/C12H11BrN4O3/c1-7-9(17(18)19)4-3-5-10(7)20-11-8(13)6-15-12(14-2)16-11/h3-6H,1-2H3,(H,14,15,16). The van der Waals surface area contributed by atoms with Gasteiger partial charge >= 0.3 is 0 Å². The lowest BCUT2D eigenvalue weighted by molar-refractivity contribution is -0.385. The van der Waals surface area contributed by atoms with Crippen LogP contribution in [0.25, 0.3) is 0 Å². The van der Waals surface area contributed by atoms with Gasteiger partial charge in [0.2, 0.25) is 11.8 Å². The maximum atomic E-state index is 10.9. The Morgan fingerprint density at radius 3 is 2.85 bits per heavy atom. The van der Waals surface area contributed by atoms with E-state index in [1.807, 2.05) is 0 Å². The van der Waals surface area contributed by atoms with Gasteiger partial charge in [-0.1, -0.05) is 6.07 Å². The monoisotopic (exact) mass is 338 g/mol. The molecule has 8 heteroatoms. The first-order valence-electron chi connectivity index (χ1n) is 5.65. The molecule has 2 aromatic rings. The average Bonchev–Trinajstić information content (AvgIpc) is 2.43. The highest BCUT2D eigenvalue weighted by Gasteiger charge is 2.16. The van der Waals surface area contributed by atoms with Gasteiger partial charge < -0.3 is 10.1 Å². The van der Waals surface area contributed by atoms with Crippen molar-refractivity contribution in [3.8, 4) is 11.6 Å². The van der Waals surface area contributed by atoms with Crippen molar-refractivity contribution in [3.05, 3.63) is 44.5 Å². The largest absolute Gasteiger partial charge is 0.437 e. The number of aromatic nitrogens is 2. The van der Waals surface area contributed by atoms with Crippen molar-refractivity contribution < 1.29 is 9.66 Å². The van der Waals surface area contributed by atoms with Crippen molar-refractivity contribution in [1.82, 2.24) is 9.97 Å². The number of benzene rings is 1. The van der Waals surface area contributed by atoms with E-state index in [2.05, 4.69) is 31.2 Å². The van der Waals surface area contributed by atoms with Crippen LogP contribution in [0.5, 0.6) is 11.6 Å². The van der Waals surface area contributed by atoms with Crippen LogP contribution in [0, 0.1) is 17.0 Å². The fourth-order valence-corrected chi connectivity index (χ4v) is 1.83. The molecule has 2 rings (SSSR count). The van der Waals surface area contributed by atoms with Crippen LogP contribution in [-0.4, -0.2) is 21.9 Å². The molecule has 0 spiro atoms. The van der Waals surface area contributed by atoms with Gasteiger partial charge in [-0.2, -0.15) is 4.98 Å². The summed E-state index contributed by atoms with van der Waals surface area (Å²) in [4.78, 5) is 18.6. The number of nitro benzene ring substituents is 1. The minimum atomic E-state index is -0.448. The predicted molar refractivity (Wildman–Crippen MR) is 77.2 cm³/mol. The van der Waals surface area contributed by atoms with E-state index >= 15 is 0 Å². The number of ether oxygens (including phenoxy) is 1. The third kappa shape index (κ3) is 2.85. The van der Waals surface area contributed by atoms with Gasteiger partial charge in [0.1, 0.15) is 5.75 Å². The lowest BCUT2D eigenvalue weighted by Gasteiger charge is -2.10. The lowest BCUT2D eigenvalue weighted by Crippen LogP contribution is -2.00. The van der Waals surface area contributed by atoms with E-state index < -0.39 is 4.92 Å². The highest BCUT2D eigenvalue weighted by Crippen LogP contribution is 2.33. The molecular formula is C12H11BrN4O3. The number of nitrogens with one attached hydrogen (secondary N) is 1. The van der Waals surface area contributed by atoms with E-state index in [9.17, 15) is 10.1 Å². The Morgan fingerprint density at radius 1 is 1.45 bits per heavy atom. The fourth-order valence-electron chi connectivity index (χ4n) is 1.56. The molecule has 7 nitrogen and oxygen atoms in total. The molecule has 0 amide bonds. The molecule has 0 fully saturated rings. The lowest BCUT2D eigenvalue weighted by atomic mass is 10.2. The number of nitro groups is 1. The van der Waals surface area contributed by atoms with E-state index in [4.69, 9.17) is 4.74 Å². The van der Waals surface area contributed by atoms with Crippen LogP contribution in [0.4, 0.5) is 11.6 Å². The van der Waals surface area contributed by atoms with E-state index in [1.165, 1.54) is 6.07 Å². The molecule has 0 aliphatic rings. The third-order valence-corrected chi connectivity index (χ3v) is 3.14. The fraction of sp³-hybridized carbons (Fsp3) is 0.167. The minimum Gasteiger partial charge on any atom is -0.437 e. The molecule has 0 saturated carbocycles. The second-order valence-electron chi connectivity index (χ2n) is 3.86. The van der Waals surface area contributed by atoms with Crippen LogP contribution in [0.3, 0.4) is 0 Å². The third-order valence-electron chi connectivity index (χ3n) is 2.59. The van der Waals surface area contributed by atoms with Crippen molar-refractivity contribution in [2.24, 2.45) is 0 Å². The Kier molecular flexibility index (Phi) is 4.14. The van der Waals surface area contributed by atoms with E-state index in [1.54, 1.807) is 32.3 Å². The normalized spacial score (nSPS) is 10.2. The van der Waals surface area contributed by atoms with E-state index in [-0.39, 0.29) is 11.6 Å². The molecule has 20 heavy (non-hydrogen) atoms. The zero-order chi connectivity index (χ0) is 14.7. The smallest absolute Gasteiger partial charge is 0.276 e. The summed E-state index contributed by atoms with van der Waals surface area (Å²) < 4.78 is 6.19. The van der Waals surface area contributed by atoms with Gasteiger partial charge in [0.25, 0.3) is 5.69 Å². The van der Waals surface area contributed by atoms with Crippen molar-refractivity contribution >= 4 is 27.6 Å². The first-order chi connectivity index (χ1) is 9.52. The molecule has 0 atom stereocenters. The van der Waals surface area contributed by atoms with Crippen LogP contribution in [-0.2, 0) is 0 Å². The number of anilines is 1. The molecule has 0 unspecified atom stereocenters. The second kappa shape index (κ2) is 5.83. The SMILES string of the molecule is CNc1ncc(Br)c(Oc2cccc([N+](=O)[O-])c2C)n1. The molecule has 0 bridgehead atoms. The molecule has 0 aliphatic carbocycles. The van der Waals surface area contributed by atoms with Crippen LogP contribution >= 0.6 is 15.9 Å². The van der Waals surface area contributed by atoms with Crippen molar-refractivity contribution in [3.63, 3.8) is 0 Å². The number of halogens is 1. The van der Waals surface area contributed by atoms with Crippen LogP contribution in [0.1, 0.15) is 5.56 Å². The number of hydrogen-bond donors (Lipinski definition) is 1. The number of nitrogens with zero attached hydrogens (tertiary/aromatic N) is 3. The van der Waals surface area contributed by atoms with Gasteiger partial charge in [0.15, 0.2) is 0 Å². The Bertz CT molecular complexity index is 663. The van der Waals surface area contributed by atoms with E-state index in [0.29, 0.717) is 21.7 Å². The molecular weight excluding hydrogens is 328 g/mol. The molecule has 104 valence electrons. The number of rotatable bonds is 4. The predicted octanol–water partition coefficient (Wildman–Crippen LogP) is 3.29. The molecule has 1 aromatic carbocycles. The van der Waals surface area contributed by atoms with Gasteiger partial charge in [-0.25, -0.2) is 4.98 Å². The summed E-state index contributed by atoms with van der Waals surface area (Å²) in [6.07, 6.45) is 1.54. The molecule has 1 heterocycles. The topological polar surface area (TPSA) is 90.2 Å². The van der Waals surface area contributed by atoms with E-state index in [0.717, 1.165) is 0 Å². The van der Waals surface area contributed by atoms with Crippen LogP contribution in [0.2, 0.25) is 0 Å². The Morgan fingerprint density at radius 2 is 2.20 bits per heavy atom. The molecule has 1 aromatic heterocycles. The summed E-state index contributed by atoms with van der Waals surface area (Å²) in [5, 5.41) is 13.7. The van der Waals surface area contributed by atoms with Gasteiger partial charge in [-0.3, -0.25) is 10.1 Å². The zero-order valence-electron chi connectivity index (χ0n) is 10.8. The highest BCUT2D eigenvalue weighted by molar-refractivity contribution is 9.10. The van der Waals surface area contributed by atoms with Crippen LogP contribution in [0.15, 0.2) is 28.9 Å². The summed E-state index contributed by atoms with van der Waals surface area (Å²) in [6.45, 7) is 1.63. The van der Waals surface area contributed by atoms with Crippen LogP contribution < -0.4 is 10.1 Å². The minimum absolute atomic E-state index is 0.00141. The van der Waals surface area contributed by atoms with Gasteiger partial charge in [0, 0.05) is 13.1 Å². The second-order valence-corrected chi connectivity index (χ2v) is 4.71. The Balaban J connectivity index is 2.40. The molecule has 1 N–H and O–H groups in total. The summed E-state index contributed by atoms with van der Waals surface area (Å²) in [5.74, 6) is 1.06. The summed E-state index contributed by atoms with van der Waals surface area (Å²) in [5.41, 5.74) is 0.440. The Hall–Kier alpha value is -2.22. The molecule has 0 saturated heterocycles. The first kappa shape index (κ1) is 14.2. The van der Waals surface area contributed by atoms with Gasteiger partial charge in [-0.15, -0.1) is 0 Å². The average molecular weight is 339 g/mol. The summed E-state index contributed by atoms with van der Waals surface area (Å²) in [7, 11) is 1.69. The summed E-state index contributed by atoms with van der Waals surface area (Å²) in [6, 6.07) is 4.64. The molecule has 0 aliphatic heterocycles. The maximum Gasteiger partial charge on any atom is 0.276 e. The quantitative estimate of drug-likeness (QED) is 0.679. The van der Waals surface area contributed by atoms with Crippen molar-refractivity contribution in [2.45, 2.75) is 6.92 Å². The summed E-state index contributed by atoms with van der Waals surface area (Å²) >= 11 is 3.28. The zero-order valence-corrected chi connectivity index (χ0v) is 12.3. The Labute approximate surface area is 123 Å². The molecule has 0 radical (unpaired) electrons. The maximum absolute atomic E-state index is 10.9. The van der Waals surface area contributed by atoms with Crippen molar-refractivity contribution in [1.29, 1.82) is 0 Å².